The van der Waals surface area contributed by atoms with Crippen LogP contribution >= 0.6 is 0 Å². The number of allylic oxidation sites excluding steroid dienone is 4. The highest BCUT2D eigenvalue weighted by atomic mass is 13.8. The zero-order chi connectivity index (χ0) is 8.36. The highest BCUT2D eigenvalue weighted by Gasteiger charge is 1.72. The third-order valence-electron chi connectivity index (χ3n) is 0.948. The average Bonchev–Trinajstić information content (AvgIpc) is 1.86. The van der Waals surface area contributed by atoms with Gasteiger partial charge < -0.3 is 0 Å². The fourth-order valence-corrected chi connectivity index (χ4v) is 0.555. The molecule has 0 atom stereocenters. The first-order valence-corrected chi connectivity index (χ1v) is 4.19. The molecule has 1 rings (SSSR count). The van der Waals surface area contributed by atoms with Gasteiger partial charge in [-0.3, -0.25) is 0 Å². The molecule has 0 N–H and O–H groups in total. The van der Waals surface area contributed by atoms with E-state index in [1.165, 1.54) is 6.42 Å². The Kier molecular flexibility index (Phi) is 8.25. The van der Waals surface area contributed by atoms with E-state index in [9.17, 15) is 0 Å². The van der Waals surface area contributed by atoms with Crippen molar-refractivity contribution in [1.82, 2.24) is 0 Å². The summed E-state index contributed by atoms with van der Waals surface area (Å²) < 4.78 is 0. The fourth-order valence-electron chi connectivity index (χ4n) is 0.555. The lowest BCUT2D eigenvalue weighted by atomic mass is 10.3. The molecule has 0 bridgehead atoms. The Balaban J connectivity index is 0.000000292. The predicted molar refractivity (Wildman–Crippen MR) is 51.3 cm³/mol. The Bertz CT molecular complexity index is 156. The van der Waals surface area contributed by atoms with E-state index in [1.54, 1.807) is 0 Å². The monoisotopic (exact) mass is 148 g/mol. The molecule has 0 amide bonds. The van der Waals surface area contributed by atoms with Gasteiger partial charge in [0.15, 0.2) is 0 Å². The molecule has 0 saturated carbocycles. The molecule has 0 heteroatoms. The molecule has 0 aromatic heterocycles. The van der Waals surface area contributed by atoms with Crippen molar-refractivity contribution < 1.29 is 0 Å². The van der Waals surface area contributed by atoms with Gasteiger partial charge in [0.05, 0.1) is 0 Å². The Morgan fingerprint density at radius 1 is 1.00 bits per heavy atom. The van der Waals surface area contributed by atoms with Crippen LogP contribution in [0.2, 0.25) is 0 Å². The topological polar surface area (TPSA) is 0 Å². The average molecular weight is 148 g/mol. The third kappa shape index (κ3) is 9.04. The van der Waals surface area contributed by atoms with Crippen molar-refractivity contribution in [3.05, 3.63) is 24.3 Å². The number of rotatable bonds is 0. The van der Waals surface area contributed by atoms with Crippen molar-refractivity contribution in [1.29, 1.82) is 0 Å². The maximum atomic E-state index is 3.00. The zero-order valence-corrected chi connectivity index (χ0v) is 7.43. The van der Waals surface area contributed by atoms with Crippen molar-refractivity contribution in [2.45, 2.75) is 33.1 Å². The molecule has 0 nitrogen and oxygen atoms in total. The number of hydrogen-bond acceptors (Lipinski definition) is 0. The molecule has 0 aliphatic heterocycles. The van der Waals surface area contributed by atoms with Crippen LogP contribution in [-0.2, 0) is 0 Å². The Labute approximate surface area is 70.0 Å². The highest BCUT2D eigenvalue weighted by Crippen LogP contribution is 1.88. The smallest absolute Gasteiger partial charge is 0.0272 e. The van der Waals surface area contributed by atoms with Crippen molar-refractivity contribution in [2.24, 2.45) is 0 Å². The van der Waals surface area contributed by atoms with E-state index in [0.29, 0.717) is 0 Å². The molecule has 0 saturated heterocycles. The first-order valence-electron chi connectivity index (χ1n) is 4.19. The summed E-state index contributed by atoms with van der Waals surface area (Å²) in [4.78, 5) is 0. The van der Waals surface area contributed by atoms with Gasteiger partial charge in [0.25, 0.3) is 0 Å². The Hall–Kier alpha value is -0.960. The molecule has 0 spiro atoms. The van der Waals surface area contributed by atoms with Crippen molar-refractivity contribution in [2.75, 3.05) is 0 Å². The van der Waals surface area contributed by atoms with Crippen LogP contribution in [0.1, 0.15) is 33.1 Å². The van der Waals surface area contributed by atoms with E-state index >= 15 is 0 Å². The highest BCUT2D eigenvalue weighted by molar-refractivity contribution is 5.15. The molecule has 0 fully saturated rings. The zero-order valence-electron chi connectivity index (χ0n) is 7.43. The van der Waals surface area contributed by atoms with Gasteiger partial charge in [-0.25, -0.2) is 0 Å². The van der Waals surface area contributed by atoms with Crippen LogP contribution in [0.15, 0.2) is 24.3 Å². The quantitative estimate of drug-likeness (QED) is 0.462. The van der Waals surface area contributed by atoms with Gasteiger partial charge in [-0.05, 0) is 0 Å². The second kappa shape index (κ2) is 9.04. The van der Waals surface area contributed by atoms with Gasteiger partial charge in [0.2, 0.25) is 0 Å². The second-order valence-corrected chi connectivity index (χ2v) is 2.33. The lowest BCUT2D eigenvalue weighted by Gasteiger charge is -1.80. The summed E-state index contributed by atoms with van der Waals surface area (Å²) in [7, 11) is 0. The SMILES string of the molecule is C1#CC/C=C\C=C/C1.CCC. The molecule has 0 unspecified atom stereocenters. The minimum absolute atomic E-state index is 0.907. The van der Waals surface area contributed by atoms with Crippen LogP contribution in [0.4, 0.5) is 0 Å². The van der Waals surface area contributed by atoms with E-state index in [4.69, 9.17) is 0 Å². The first-order chi connectivity index (χ1) is 5.41. The maximum Gasteiger partial charge on any atom is 0.0272 e. The lowest BCUT2D eigenvalue weighted by Crippen LogP contribution is -1.64. The lowest BCUT2D eigenvalue weighted by molar-refractivity contribution is 1.09. The van der Waals surface area contributed by atoms with Crippen molar-refractivity contribution >= 4 is 0 Å². The normalized spacial score (nSPS) is 19.1. The molecule has 0 heterocycles. The van der Waals surface area contributed by atoms with Crippen molar-refractivity contribution in [3.8, 4) is 11.8 Å². The van der Waals surface area contributed by atoms with E-state index in [-0.39, 0.29) is 0 Å². The molecular formula is C11H16. The largest absolute Gasteiger partial charge is 0.0988 e. The predicted octanol–water partition coefficient (Wildman–Crippen LogP) is 3.31. The Morgan fingerprint density at radius 2 is 1.36 bits per heavy atom. The minimum atomic E-state index is 0.907. The van der Waals surface area contributed by atoms with Gasteiger partial charge in [-0.1, -0.05) is 56.4 Å². The minimum Gasteiger partial charge on any atom is -0.0988 e. The summed E-state index contributed by atoms with van der Waals surface area (Å²) in [6.07, 6.45) is 11.3. The van der Waals surface area contributed by atoms with E-state index in [1.807, 2.05) is 12.2 Å². The van der Waals surface area contributed by atoms with Crippen LogP contribution in [0.5, 0.6) is 0 Å². The summed E-state index contributed by atoms with van der Waals surface area (Å²) in [5, 5.41) is 0. The fraction of sp³-hybridized carbons (Fsp3) is 0.455. The van der Waals surface area contributed by atoms with Crippen LogP contribution in [0, 0.1) is 11.8 Å². The van der Waals surface area contributed by atoms with E-state index in [0.717, 1.165) is 12.8 Å². The third-order valence-corrected chi connectivity index (χ3v) is 0.948. The standard InChI is InChI=1S/C8H8.C3H8/c1-2-4-6-8-7-5-3-1;1-3-2/h1-4H,5-6H2;3H2,1-2H3/b3-1-,4-2-;. The van der Waals surface area contributed by atoms with Gasteiger partial charge >= 0.3 is 0 Å². The van der Waals surface area contributed by atoms with Crippen LogP contribution in [-0.4, -0.2) is 0 Å². The molecule has 11 heavy (non-hydrogen) atoms. The molecule has 0 radical (unpaired) electrons. The van der Waals surface area contributed by atoms with Crippen LogP contribution in [0.25, 0.3) is 0 Å². The summed E-state index contributed by atoms with van der Waals surface area (Å²) in [5.41, 5.74) is 0. The van der Waals surface area contributed by atoms with E-state index < -0.39 is 0 Å². The summed E-state index contributed by atoms with van der Waals surface area (Å²) in [5.74, 6) is 6.00. The van der Waals surface area contributed by atoms with Crippen molar-refractivity contribution in [3.63, 3.8) is 0 Å². The molecule has 0 aromatic carbocycles. The second-order valence-electron chi connectivity index (χ2n) is 2.33. The van der Waals surface area contributed by atoms with E-state index in [2.05, 4.69) is 37.8 Å². The van der Waals surface area contributed by atoms with Gasteiger partial charge in [-0.15, -0.1) is 0 Å². The van der Waals surface area contributed by atoms with Crippen LogP contribution < -0.4 is 0 Å². The summed E-state index contributed by atoms with van der Waals surface area (Å²) in [6.45, 7) is 4.25. The molecule has 1 aliphatic rings. The van der Waals surface area contributed by atoms with Crippen LogP contribution in [0.3, 0.4) is 0 Å². The van der Waals surface area contributed by atoms with Gasteiger partial charge in [0, 0.05) is 12.8 Å². The van der Waals surface area contributed by atoms with Gasteiger partial charge in [0.1, 0.15) is 0 Å². The summed E-state index contributed by atoms with van der Waals surface area (Å²) in [6, 6.07) is 0. The Morgan fingerprint density at radius 3 is 1.73 bits per heavy atom. The van der Waals surface area contributed by atoms with Gasteiger partial charge in [-0.2, -0.15) is 0 Å². The first kappa shape index (κ1) is 10.0. The number of hydrogen-bond donors (Lipinski definition) is 0. The molecule has 60 valence electrons. The molecule has 1 aliphatic carbocycles. The summed E-state index contributed by atoms with van der Waals surface area (Å²) >= 11 is 0. The maximum absolute atomic E-state index is 3.00. The molecule has 0 aromatic rings. The molecular weight excluding hydrogens is 132 g/mol.